The number of likely N-dealkylation sites (tertiary alicyclic amines) is 1. The summed E-state index contributed by atoms with van der Waals surface area (Å²) in [6.07, 6.45) is 2.43. The van der Waals surface area contributed by atoms with Gasteiger partial charge in [-0.2, -0.15) is 0 Å². The molecule has 28 heavy (non-hydrogen) atoms. The number of piperidine rings is 1. The number of para-hydroxylation sites is 1. The number of carbonyl (C=O) groups excluding carboxylic acids is 2. The highest BCUT2D eigenvalue weighted by atomic mass is 35.5. The first-order valence-electron chi connectivity index (χ1n) is 9.21. The Morgan fingerprint density at radius 2 is 1.93 bits per heavy atom. The van der Waals surface area contributed by atoms with E-state index < -0.39 is 11.7 Å². The molecule has 2 N–H and O–H groups in total. The number of nitrogens with zero attached hydrogens (tertiary/aromatic N) is 1. The summed E-state index contributed by atoms with van der Waals surface area (Å²) in [7, 11) is 0. The van der Waals surface area contributed by atoms with Crippen LogP contribution in [0.2, 0.25) is 5.02 Å². The van der Waals surface area contributed by atoms with Gasteiger partial charge in [-0.05, 0) is 18.2 Å². The van der Waals surface area contributed by atoms with Crippen molar-refractivity contribution in [1.82, 2.24) is 9.88 Å². The van der Waals surface area contributed by atoms with Crippen molar-refractivity contribution < 1.29 is 14.3 Å². The molecule has 1 spiro atoms. The number of hydrogen-bond acceptors (Lipinski definition) is 3. The Bertz CT molecular complexity index is 1100. The van der Waals surface area contributed by atoms with E-state index in [-0.39, 0.29) is 5.91 Å². The third kappa shape index (κ3) is 2.64. The first-order chi connectivity index (χ1) is 13.6. The molecule has 2 aliphatic heterocycles. The lowest BCUT2D eigenvalue weighted by atomic mass is 9.82. The summed E-state index contributed by atoms with van der Waals surface area (Å²) >= 11 is 6.03. The number of aromatic amines is 1. The molecule has 0 bridgehead atoms. The summed E-state index contributed by atoms with van der Waals surface area (Å²) in [4.78, 5) is 30.1. The molecule has 142 valence electrons. The quantitative estimate of drug-likeness (QED) is 0.636. The largest absolute Gasteiger partial charge is 0.438 e. The number of fused-ring (bicyclic) bond motifs is 3. The Kier molecular flexibility index (Phi) is 3.84. The first-order valence-corrected chi connectivity index (χ1v) is 9.59. The van der Waals surface area contributed by atoms with Crippen molar-refractivity contribution in [3.05, 3.63) is 64.8 Å². The lowest BCUT2D eigenvalue weighted by Crippen LogP contribution is -2.49. The fourth-order valence-corrected chi connectivity index (χ4v) is 4.42. The van der Waals surface area contributed by atoms with Crippen LogP contribution < -0.4 is 5.32 Å². The van der Waals surface area contributed by atoms with Crippen LogP contribution in [-0.4, -0.2) is 35.0 Å². The third-order valence-corrected chi connectivity index (χ3v) is 5.91. The van der Waals surface area contributed by atoms with Crippen LogP contribution in [0.15, 0.2) is 48.7 Å². The minimum Gasteiger partial charge on any atom is -0.438 e. The fraction of sp³-hybridized carbons (Fsp3) is 0.238. The van der Waals surface area contributed by atoms with E-state index in [1.165, 1.54) is 0 Å². The standard InChI is InChI=1S/C21H18ClN3O3/c22-13-5-6-14-15(12-23-18(14)11-13)19(26)25-9-7-21(8-10-25)16-3-1-2-4-17(16)24-20(27)28-21/h1-6,11-12,23H,7-10H2,(H,24,27). The topological polar surface area (TPSA) is 74.4 Å². The molecule has 1 fully saturated rings. The molecule has 2 aromatic carbocycles. The average Bonchev–Trinajstić information content (AvgIpc) is 3.11. The zero-order valence-corrected chi connectivity index (χ0v) is 15.8. The van der Waals surface area contributed by atoms with Crippen LogP contribution in [0.1, 0.15) is 28.8 Å². The summed E-state index contributed by atoms with van der Waals surface area (Å²) in [6, 6.07) is 13.1. The zero-order valence-electron chi connectivity index (χ0n) is 15.0. The van der Waals surface area contributed by atoms with Gasteiger partial charge in [0, 0.05) is 53.6 Å². The van der Waals surface area contributed by atoms with Gasteiger partial charge in [0.15, 0.2) is 0 Å². The van der Waals surface area contributed by atoms with Gasteiger partial charge < -0.3 is 14.6 Å². The molecule has 2 aliphatic rings. The van der Waals surface area contributed by atoms with Gasteiger partial charge in [-0.25, -0.2) is 4.79 Å². The fourth-order valence-electron chi connectivity index (χ4n) is 4.25. The summed E-state index contributed by atoms with van der Waals surface area (Å²) in [5, 5.41) is 4.24. The van der Waals surface area contributed by atoms with Crippen molar-refractivity contribution in [1.29, 1.82) is 0 Å². The Hall–Kier alpha value is -2.99. The lowest BCUT2D eigenvalue weighted by molar-refractivity contribution is -0.0331. The van der Waals surface area contributed by atoms with Crippen molar-refractivity contribution >= 4 is 40.2 Å². The lowest BCUT2D eigenvalue weighted by Gasteiger charge is -2.44. The maximum absolute atomic E-state index is 13.1. The van der Waals surface area contributed by atoms with Gasteiger partial charge in [-0.3, -0.25) is 10.1 Å². The molecular formula is C21H18ClN3O3. The minimum atomic E-state index is -0.677. The number of benzene rings is 2. The van der Waals surface area contributed by atoms with Gasteiger partial charge >= 0.3 is 6.09 Å². The second-order valence-electron chi connectivity index (χ2n) is 7.24. The van der Waals surface area contributed by atoms with E-state index >= 15 is 0 Å². The van der Waals surface area contributed by atoms with E-state index in [1.54, 1.807) is 12.3 Å². The van der Waals surface area contributed by atoms with Crippen LogP contribution in [0.25, 0.3) is 10.9 Å². The number of amides is 2. The highest BCUT2D eigenvalue weighted by Crippen LogP contribution is 2.43. The number of anilines is 1. The van der Waals surface area contributed by atoms with Crippen molar-refractivity contribution in [3.63, 3.8) is 0 Å². The molecule has 7 heteroatoms. The van der Waals surface area contributed by atoms with Crippen LogP contribution in [0.3, 0.4) is 0 Å². The number of aromatic nitrogens is 1. The maximum Gasteiger partial charge on any atom is 0.412 e. The molecule has 3 heterocycles. The molecule has 1 saturated heterocycles. The third-order valence-electron chi connectivity index (χ3n) is 5.68. The van der Waals surface area contributed by atoms with Gasteiger partial charge in [0.05, 0.1) is 11.3 Å². The number of hydrogen-bond donors (Lipinski definition) is 2. The molecule has 0 atom stereocenters. The molecular weight excluding hydrogens is 378 g/mol. The number of nitrogens with one attached hydrogen (secondary N) is 2. The van der Waals surface area contributed by atoms with Crippen LogP contribution in [0, 0.1) is 0 Å². The van der Waals surface area contributed by atoms with Gasteiger partial charge in [-0.15, -0.1) is 0 Å². The highest BCUT2D eigenvalue weighted by molar-refractivity contribution is 6.31. The zero-order chi connectivity index (χ0) is 19.3. The molecule has 1 aromatic heterocycles. The van der Waals surface area contributed by atoms with E-state index in [0.717, 1.165) is 22.2 Å². The molecule has 0 saturated carbocycles. The number of halogens is 1. The van der Waals surface area contributed by atoms with Crippen LogP contribution in [0.4, 0.5) is 10.5 Å². The first kappa shape index (κ1) is 17.1. The second-order valence-corrected chi connectivity index (χ2v) is 7.68. The van der Waals surface area contributed by atoms with E-state index in [2.05, 4.69) is 10.3 Å². The summed E-state index contributed by atoms with van der Waals surface area (Å²) in [6.45, 7) is 1.03. The van der Waals surface area contributed by atoms with E-state index in [9.17, 15) is 9.59 Å². The highest BCUT2D eigenvalue weighted by Gasteiger charge is 2.45. The van der Waals surface area contributed by atoms with E-state index in [1.807, 2.05) is 41.3 Å². The summed E-state index contributed by atoms with van der Waals surface area (Å²) in [5.41, 5.74) is 2.55. The SMILES string of the molecule is O=C1Nc2ccccc2C2(CCN(C(=O)c3c[nH]c4cc(Cl)ccc34)CC2)O1. The van der Waals surface area contributed by atoms with Crippen molar-refractivity contribution in [2.45, 2.75) is 18.4 Å². The molecule has 6 nitrogen and oxygen atoms in total. The Balaban J connectivity index is 1.40. The Morgan fingerprint density at radius 1 is 1.14 bits per heavy atom. The number of rotatable bonds is 1. The van der Waals surface area contributed by atoms with Gasteiger partial charge in [0.1, 0.15) is 5.60 Å². The van der Waals surface area contributed by atoms with Crippen LogP contribution in [0.5, 0.6) is 0 Å². The molecule has 0 aliphatic carbocycles. The van der Waals surface area contributed by atoms with E-state index in [4.69, 9.17) is 16.3 Å². The average molecular weight is 396 g/mol. The monoisotopic (exact) mass is 395 g/mol. The van der Waals surface area contributed by atoms with Crippen LogP contribution in [-0.2, 0) is 10.3 Å². The predicted octanol–water partition coefficient (Wildman–Crippen LogP) is 4.51. The van der Waals surface area contributed by atoms with Gasteiger partial charge in [0.2, 0.25) is 0 Å². The summed E-state index contributed by atoms with van der Waals surface area (Å²) < 4.78 is 5.73. The van der Waals surface area contributed by atoms with Gasteiger partial charge in [-0.1, -0.05) is 35.9 Å². The number of H-pyrrole nitrogens is 1. The van der Waals surface area contributed by atoms with Gasteiger partial charge in [0.25, 0.3) is 5.91 Å². The van der Waals surface area contributed by atoms with Crippen molar-refractivity contribution in [3.8, 4) is 0 Å². The minimum absolute atomic E-state index is 0.0306. The maximum atomic E-state index is 13.1. The molecule has 3 aromatic rings. The molecule has 0 unspecified atom stereocenters. The molecule has 0 radical (unpaired) electrons. The summed E-state index contributed by atoms with van der Waals surface area (Å²) in [5.74, 6) is -0.0306. The molecule has 2 amide bonds. The van der Waals surface area contributed by atoms with Crippen LogP contribution >= 0.6 is 11.6 Å². The number of ether oxygens (including phenoxy) is 1. The predicted molar refractivity (Wildman–Crippen MR) is 107 cm³/mol. The van der Waals surface area contributed by atoms with Crippen molar-refractivity contribution in [2.24, 2.45) is 0 Å². The molecule has 5 rings (SSSR count). The second kappa shape index (κ2) is 6.27. The Morgan fingerprint density at radius 3 is 2.75 bits per heavy atom. The van der Waals surface area contributed by atoms with E-state index in [0.29, 0.717) is 36.5 Å². The van der Waals surface area contributed by atoms with Crippen molar-refractivity contribution in [2.75, 3.05) is 18.4 Å². The smallest absolute Gasteiger partial charge is 0.412 e. The normalized spacial score (nSPS) is 17.9. The Labute approximate surface area is 166 Å². The number of carbonyl (C=O) groups is 2.